The van der Waals surface area contributed by atoms with E-state index in [1.165, 1.54) is 0 Å². The van der Waals surface area contributed by atoms with Gasteiger partial charge in [-0.25, -0.2) is 0 Å². The molecule has 2 aliphatic rings. The summed E-state index contributed by atoms with van der Waals surface area (Å²) in [6.07, 6.45) is 3.20. The van der Waals surface area contributed by atoms with E-state index in [2.05, 4.69) is 19.7 Å². The fraction of sp³-hybridized carbons (Fsp3) is 0.500. The quantitative estimate of drug-likeness (QED) is 0.839. The van der Waals surface area contributed by atoms with Gasteiger partial charge in [0.25, 0.3) is 0 Å². The highest BCUT2D eigenvalue weighted by Gasteiger charge is 2.40. The molecule has 0 saturated carbocycles. The van der Waals surface area contributed by atoms with Crippen LogP contribution >= 0.6 is 11.6 Å². The largest absolute Gasteiger partial charge is 0.377 e. The lowest BCUT2D eigenvalue weighted by molar-refractivity contribution is -0.133. The molecular weight excluding hydrogens is 340 g/mol. The molecule has 2 bridgehead atoms. The summed E-state index contributed by atoms with van der Waals surface area (Å²) < 4.78 is 7.35. The van der Waals surface area contributed by atoms with Gasteiger partial charge >= 0.3 is 0 Å². The molecule has 4 rings (SSSR count). The van der Waals surface area contributed by atoms with Crippen molar-refractivity contribution in [2.45, 2.75) is 50.9 Å². The van der Waals surface area contributed by atoms with Crippen LogP contribution in [0.3, 0.4) is 0 Å². The number of hydrogen-bond acceptors (Lipinski definition) is 4. The molecule has 0 aliphatic carbocycles. The van der Waals surface area contributed by atoms with Crippen molar-refractivity contribution in [2.24, 2.45) is 0 Å². The number of amides is 1. The number of fused-ring (bicyclic) bond motifs is 3. The monoisotopic (exact) mass is 360 g/mol. The highest BCUT2D eigenvalue weighted by Crippen LogP contribution is 2.32. The number of carbonyl (C=O) groups excluding carboxylic acids is 1. The Balaban J connectivity index is 1.55. The van der Waals surface area contributed by atoms with Gasteiger partial charge in [-0.15, -0.1) is 10.2 Å². The molecular formula is C18H21ClN4O2. The first kappa shape index (κ1) is 16.5. The van der Waals surface area contributed by atoms with Gasteiger partial charge in [0.1, 0.15) is 12.4 Å². The van der Waals surface area contributed by atoms with Gasteiger partial charge in [0, 0.05) is 31.1 Å². The Morgan fingerprint density at radius 3 is 2.96 bits per heavy atom. The molecule has 1 amide bonds. The molecule has 1 aromatic carbocycles. The number of carbonyl (C=O) groups is 1. The predicted molar refractivity (Wildman–Crippen MR) is 93.3 cm³/mol. The maximum Gasteiger partial charge on any atom is 0.227 e. The Kier molecular flexibility index (Phi) is 4.48. The smallest absolute Gasteiger partial charge is 0.227 e. The van der Waals surface area contributed by atoms with Crippen LogP contribution < -0.4 is 0 Å². The second-order valence-corrected chi connectivity index (χ2v) is 7.21. The average molecular weight is 361 g/mol. The van der Waals surface area contributed by atoms with Crippen LogP contribution in [0.1, 0.15) is 30.1 Å². The van der Waals surface area contributed by atoms with Crippen molar-refractivity contribution >= 4 is 17.5 Å². The van der Waals surface area contributed by atoms with Gasteiger partial charge in [0.05, 0.1) is 12.5 Å². The summed E-state index contributed by atoms with van der Waals surface area (Å²) in [7, 11) is 1.66. The summed E-state index contributed by atoms with van der Waals surface area (Å²) in [6, 6.07) is 7.94. The zero-order chi connectivity index (χ0) is 17.4. The molecule has 2 atom stereocenters. The van der Waals surface area contributed by atoms with E-state index in [1.54, 1.807) is 7.11 Å². The number of benzene rings is 1. The normalized spacial score (nSPS) is 21.9. The van der Waals surface area contributed by atoms with Crippen molar-refractivity contribution in [2.75, 3.05) is 7.11 Å². The second-order valence-electron chi connectivity index (χ2n) is 6.77. The maximum atomic E-state index is 13.0. The van der Waals surface area contributed by atoms with Gasteiger partial charge in [0.2, 0.25) is 5.91 Å². The Bertz CT molecular complexity index is 791. The standard InChI is InChI=1S/C18H21ClN4O2/c1-25-11-17-21-20-16-9-14-5-6-15(10-22(16)17)23(14)18(24)8-12-3-2-4-13(19)7-12/h2-4,7,14-15H,5-6,8-11H2,1H3. The first-order valence-corrected chi connectivity index (χ1v) is 8.99. The molecule has 0 spiro atoms. The topological polar surface area (TPSA) is 60.3 Å². The van der Waals surface area contributed by atoms with Crippen LogP contribution in [0.15, 0.2) is 24.3 Å². The number of halogens is 1. The first-order valence-electron chi connectivity index (χ1n) is 8.61. The van der Waals surface area contributed by atoms with E-state index in [0.29, 0.717) is 18.1 Å². The minimum atomic E-state index is 0.168. The fourth-order valence-corrected chi connectivity index (χ4v) is 4.27. The molecule has 1 saturated heterocycles. The van der Waals surface area contributed by atoms with Crippen LogP contribution in [-0.2, 0) is 35.5 Å². The molecule has 2 aromatic rings. The summed E-state index contributed by atoms with van der Waals surface area (Å²) in [5.74, 6) is 1.97. The lowest BCUT2D eigenvalue weighted by atomic mass is 10.1. The lowest BCUT2D eigenvalue weighted by Gasteiger charge is -2.28. The molecule has 0 radical (unpaired) electrons. The molecule has 7 heteroatoms. The van der Waals surface area contributed by atoms with Crippen molar-refractivity contribution in [1.82, 2.24) is 19.7 Å². The summed E-state index contributed by atoms with van der Waals surface area (Å²) in [4.78, 5) is 15.1. The van der Waals surface area contributed by atoms with Crippen molar-refractivity contribution in [3.05, 3.63) is 46.5 Å². The summed E-state index contributed by atoms with van der Waals surface area (Å²) >= 11 is 6.05. The van der Waals surface area contributed by atoms with Gasteiger partial charge in [-0.1, -0.05) is 23.7 Å². The second kappa shape index (κ2) is 6.77. The average Bonchev–Trinajstić information content (AvgIpc) is 3.08. The van der Waals surface area contributed by atoms with E-state index >= 15 is 0 Å². The van der Waals surface area contributed by atoms with E-state index < -0.39 is 0 Å². The Morgan fingerprint density at radius 1 is 1.32 bits per heavy atom. The molecule has 0 N–H and O–H groups in total. The van der Waals surface area contributed by atoms with E-state index in [0.717, 1.165) is 43.0 Å². The summed E-state index contributed by atoms with van der Waals surface area (Å²) in [5, 5.41) is 9.23. The van der Waals surface area contributed by atoms with Crippen molar-refractivity contribution in [3.63, 3.8) is 0 Å². The van der Waals surface area contributed by atoms with Crippen LogP contribution in [0, 0.1) is 0 Å². The number of ether oxygens (including phenoxy) is 1. The molecule has 2 aliphatic heterocycles. The third-order valence-electron chi connectivity index (χ3n) is 5.14. The molecule has 1 fully saturated rings. The highest BCUT2D eigenvalue weighted by atomic mass is 35.5. The molecule has 2 unspecified atom stereocenters. The zero-order valence-electron chi connectivity index (χ0n) is 14.2. The van der Waals surface area contributed by atoms with Gasteiger partial charge in [-0.05, 0) is 30.5 Å². The fourth-order valence-electron chi connectivity index (χ4n) is 4.05. The molecule has 6 nitrogen and oxygen atoms in total. The van der Waals surface area contributed by atoms with E-state index in [-0.39, 0.29) is 18.0 Å². The van der Waals surface area contributed by atoms with Crippen LogP contribution in [0.2, 0.25) is 5.02 Å². The van der Waals surface area contributed by atoms with Gasteiger partial charge in [-0.2, -0.15) is 0 Å². The minimum absolute atomic E-state index is 0.168. The number of hydrogen-bond donors (Lipinski definition) is 0. The van der Waals surface area contributed by atoms with Crippen LogP contribution in [0.4, 0.5) is 0 Å². The summed E-state index contributed by atoms with van der Waals surface area (Å²) in [5.41, 5.74) is 0.959. The third kappa shape index (κ3) is 3.16. The van der Waals surface area contributed by atoms with Crippen molar-refractivity contribution < 1.29 is 9.53 Å². The first-order chi connectivity index (χ1) is 12.2. The summed E-state index contributed by atoms with van der Waals surface area (Å²) in [6.45, 7) is 1.19. The molecule has 3 heterocycles. The molecule has 132 valence electrons. The lowest BCUT2D eigenvalue weighted by Crippen LogP contribution is -2.43. The van der Waals surface area contributed by atoms with Crippen LogP contribution in [-0.4, -0.2) is 44.8 Å². The SMILES string of the molecule is COCc1nnc2n1CC1CCC(C2)N1C(=O)Cc1cccc(Cl)c1. The Labute approximate surface area is 151 Å². The van der Waals surface area contributed by atoms with Gasteiger partial charge < -0.3 is 14.2 Å². The van der Waals surface area contributed by atoms with Crippen molar-refractivity contribution in [3.8, 4) is 0 Å². The van der Waals surface area contributed by atoms with Crippen LogP contribution in [0.5, 0.6) is 0 Å². The van der Waals surface area contributed by atoms with Crippen LogP contribution in [0.25, 0.3) is 0 Å². The zero-order valence-corrected chi connectivity index (χ0v) is 14.9. The number of aromatic nitrogens is 3. The van der Waals surface area contributed by atoms with E-state index in [4.69, 9.17) is 16.3 Å². The van der Waals surface area contributed by atoms with E-state index in [1.807, 2.05) is 24.3 Å². The molecule has 25 heavy (non-hydrogen) atoms. The number of rotatable bonds is 4. The van der Waals surface area contributed by atoms with Gasteiger partial charge in [-0.3, -0.25) is 4.79 Å². The number of methoxy groups -OCH3 is 1. The Morgan fingerprint density at radius 2 is 2.16 bits per heavy atom. The predicted octanol–water partition coefficient (Wildman–Crippen LogP) is 2.24. The van der Waals surface area contributed by atoms with Crippen molar-refractivity contribution in [1.29, 1.82) is 0 Å². The van der Waals surface area contributed by atoms with Gasteiger partial charge in [0.15, 0.2) is 5.82 Å². The minimum Gasteiger partial charge on any atom is -0.377 e. The maximum absolute atomic E-state index is 13.0. The Hall–Kier alpha value is -1.92. The molecule has 1 aromatic heterocycles. The van der Waals surface area contributed by atoms with E-state index in [9.17, 15) is 4.79 Å². The highest BCUT2D eigenvalue weighted by molar-refractivity contribution is 6.30. The third-order valence-corrected chi connectivity index (χ3v) is 5.38. The number of nitrogens with zero attached hydrogens (tertiary/aromatic N) is 4.